The highest BCUT2D eigenvalue weighted by molar-refractivity contribution is 7.93. The van der Waals surface area contributed by atoms with Gasteiger partial charge in [0.25, 0.3) is 0 Å². The van der Waals surface area contributed by atoms with Crippen LogP contribution in [-0.4, -0.2) is 23.1 Å². The number of ether oxygens (including phenoxy) is 1. The number of sulfonamides is 1. The van der Waals surface area contributed by atoms with Gasteiger partial charge in [0.1, 0.15) is 34.1 Å². The van der Waals surface area contributed by atoms with E-state index in [1.54, 1.807) is 45.0 Å². The molecule has 3 N–H and O–H groups in total. The van der Waals surface area contributed by atoms with Crippen molar-refractivity contribution in [3.05, 3.63) is 71.8 Å². The van der Waals surface area contributed by atoms with Gasteiger partial charge in [-0.15, -0.1) is 0 Å². The molecule has 3 aromatic carbocycles. The largest absolute Gasteiger partial charge is 0.455 e. The fourth-order valence-corrected chi connectivity index (χ4v) is 5.06. The van der Waals surface area contributed by atoms with E-state index in [-0.39, 0.29) is 39.5 Å². The number of halogens is 2. The number of benzene rings is 3. The van der Waals surface area contributed by atoms with Gasteiger partial charge in [0, 0.05) is 12.1 Å². The van der Waals surface area contributed by atoms with Gasteiger partial charge >= 0.3 is 0 Å². The smallest absolute Gasteiger partial charge is 0.235 e. The van der Waals surface area contributed by atoms with E-state index >= 15 is 0 Å². The molecule has 1 saturated carbocycles. The Morgan fingerprint density at radius 2 is 1.78 bits per heavy atom. The van der Waals surface area contributed by atoms with E-state index in [2.05, 4.69) is 14.8 Å². The summed E-state index contributed by atoms with van der Waals surface area (Å²) in [6, 6.07) is 13.0. The first-order valence-corrected chi connectivity index (χ1v) is 14.1. The van der Waals surface area contributed by atoms with Crippen LogP contribution in [0.15, 0.2) is 54.6 Å². The van der Waals surface area contributed by atoms with E-state index in [1.807, 2.05) is 0 Å². The van der Waals surface area contributed by atoms with Crippen LogP contribution in [0.4, 0.5) is 31.5 Å². The van der Waals surface area contributed by atoms with E-state index in [9.17, 15) is 21.4 Å². The van der Waals surface area contributed by atoms with Crippen molar-refractivity contribution < 1.29 is 26.1 Å². The molecule has 0 radical (unpaired) electrons. The normalized spacial score (nSPS) is 14.4. The molecule has 0 aromatic heterocycles. The minimum atomic E-state index is -3.59. The van der Waals surface area contributed by atoms with Crippen LogP contribution in [0.3, 0.4) is 0 Å². The summed E-state index contributed by atoms with van der Waals surface area (Å²) in [5.74, 6) is -0.972. The van der Waals surface area contributed by atoms with Crippen molar-refractivity contribution in [3.63, 3.8) is 0 Å². The molecule has 36 heavy (non-hydrogen) atoms. The van der Waals surface area contributed by atoms with Crippen molar-refractivity contribution in [1.82, 2.24) is 0 Å². The van der Waals surface area contributed by atoms with Crippen LogP contribution in [0.2, 0.25) is 0 Å². The summed E-state index contributed by atoms with van der Waals surface area (Å²) >= 11 is 0. The maximum Gasteiger partial charge on any atom is 0.235 e. The predicted octanol–water partition coefficient (Wildman–Crippen LogP) is 6.20. The standard InChI is InChI=1S/C25H27F2N3O4S2/c1-15(2)36(32,33)30-18-5-4-6-19(14-18)34-24-13-17(26)12-23(25(24)29-35(31)20-8-9-20)28-22-10-7-16(3)11-21(22)27/h4-7,10-15,20,28-30H,8-9H2,1-3H3. The van der Waals surface area contributed by atoms with Crippen LogP contribution < -0.4 is 19.5 Å². The average Bonchev–Trinajstić information content (AvgIpc) is 3.63. The lowest BCUT2D eigenvalue weighted by Gasteiger charge is -2.19. The second-order valence-corrected chi connectivity index (χ2v) is 12.6. The molecule has 0 spiro atoms. The summed E-state index contributed by atoms with van der Waals surface area (Å²) in [6.45, 7) is 4.86. The van der Waals surface area contributed by atoms with Crippen molar-refractivity contribution in [2.75, 3.05) is 14.8 Å². The van der Waals surface area contributed by atoms with Crippen LogP contribution >= 0.6 is 0 Å². The van der Waals surface area contributed by atoms with Gasteiger partial charge in [-0.25, -0.2) is 21.4 Å². The molecule has 192 valence electrons. The van der Waals surface area contributed by atoms with Gasteiger partial charge in [0.2, 0.25) is 10.0 Å². The first kappa shape index (κ1) is 25.9. The zero-order valence-corrected chi connectivity index (χ0v) is 21.6. The van der Waals surface area contributed by atoms with E-state index in [4.69, 9.17) is 4.74 Å². The molecule has 0 bridgehead atoms. The Morgan fingerprint density at radius 1 is 1.03 bits per heavy atom. The molecule has 1 fully saturated rings. The summed E-state index contributed by atoms with van der Waals surface area (Å²) in [5.41, 5.74) is 1.44. The zero-order valence-electron chi connectivity index (χ0n) is 20.0. The molecule has 11 heteroatoms. The Labute approximate surface area is 211 Å². The van der Waals surface area contributed by atoms with Gasteiger partial charge in [0.15, 0.2) is 5.75 Å². The number of hydrogen-bond acceptors (Lipinski definition) is 5. The lowest BCUT2D eigenvalue weighted by atomic mass is 10.2. The molecular weight excluding hydrogens is 508 g/mol. The van der Waals surface area contributed by atoms with Crippen LogP contribution in [0, 0.1) is 18.6 Å². The molecule has 7 nitrogen and oxygen atoms in total. The highest BCUT2D eigenvalue weighted by atomic mass is 32.2. The summed E-state index contributed by atoms with van der Waals surface area (Å²) < 4.78 is 77.7. The number of aryl methyl sites for hydroxylation is 1. The van der Waals surface area contributed by atoms with Crippen LogP contribution in [-0.2, 0) is 21.0 Å². The maximum atomic E-state index is 14.7. The highest BCUT2D eigenvalue weighted by Gasteiger charge is 2.30. The minimum absolute atomic E-state index is 0.00267. The van der Waals surface area contributed by atoms with Crippen molar-refractivity contribution in [3.8, 4) is 11.5 Å². The fraction of sp³-hybridized carbons (Fsp3) is 0.280. The summed E-state index contributed by atoms with van der Waals surface area (Å²) in [7, 11) is -5.05. The molecule has 0 aliphatic heterocycles. The van der Waals surface area contributed by atoms with Crippen molar-refractivity contribution in [1.29, 1.82) is 0 Å². The van der Waals surface area contributed by atoms with Crippen molar-refractivity contribution >= 4 is 43.8 Å². The van der Waals surface area contributed by atoms with Gasteiger partial charge < -0.3 is 10.1 Å². The molecule has 4 rings (SSSR count). The van der Waals surface area contributed by atoms with Crippen LogP contribution in [0.5, 0.6) is 11.5 Å². The number of anilines is 4. The molecule has 0 heterocycles. The average molecular weight is 536 g/mol. The third-order valence-corrected chi connectivity index (χ3v) is 8.68. The summed E-state index contributed by atoms with van der Waals surface area (Å²) in [4.78, 5) is 0. The fourth-order valence-electron chi connectivity index (χ4n) is 3.23. The van der Waals surface area contributed by atoms with Crippen molar-refractivity contribution in [2.45, 2.75) is 44.1 Å². The minimum Gasteiger partial charge on any atom is -0.455 e. The SMILES string of the molecule is Cc1ccc(Nc2cc(F)cc(Oc3cccc(NS(=O)(=O)C(C)C)c3)c2NS(=O)C2CC2)c(F)c1. The zero-order chi connectivity index (χ0) is 26.0. The van der Waals surface area contributed by atoms with Crippen molar-refractivity contribution in [2.24, 2.45) is 0 Å². The topological polar surface area (TPSA) is 96.5 Å². The third-order valence-electron chi connectivity index (χ3n) is 5.43. The molecular formula is C25H27F2N3O4S2. The van der Waals surface area contributed by atoms with E-state index in [1.165, 1.54) is 18.2 Å². The van der Waals surface area contributed by atoms with Gasteiger partial charge in [-0.3, -0.25) is 9.44 Å². The molecule has 0 amide bonds. The van der Waals surface area contributed by atoms with Gasteiger partial charge in [-0.1, -0.05) is 12.1 Å². The Kier molecular flexibility index (Phi) is 7.51. The van der Waals surface area contributed by atoms with Gasteiger partial charge in [-0.05, 0) is 69.5 Å². The summed E-state index contributed by atoms with van der Waals surface area (Å²) in [6.07, 6.45) is 1.59. The second-order valence-electron chi connectivity index (χ2n) is 8.86. The molecule has 1 aliphatic rings. The van der Waals surface area contributed by atoms with Crippen LogP contribution in [0.1, 0.15) is 32.3 Å². The van der Waals surface area contributed by atoms with Gasteiger partial charge in [-0.2, -0.15) is 0 Å². The highest BCUT2D eigenvalue weighted by Crippen LogP contribution is 2.41. The van der Waals surface area contributed by atoms with Gasteiger partial charge in [0.05, 0.1) is 27.6 Å². The second kappa shape index (κ2) is 10.4. The van der Waals surface area contributed by atoms with Crippen LogP contribution in [0.25, 0.3) is 0 Å². The lowest BCUT2D eigenvalue weighted by molar-refractivity contribution is 0.480. The molecule has 0 saturated heterocycles. The Bertz CT molecular complexity index is 1410. The third kappa shape index (κ3) is 6.33. The molecule has 1 unspecified atom stereocenters. The first-order chi connectivity index (χ1) is 17.0. The monoisotopic (exact) mass is 535 g/mol. The molecule has 3 aromatic rings. The Balaban J connectivity index is 1.70. The maximum absolute atomic E-state index is 14.7. The predicted molar refractivity (Wildman–Crippen MR) is 140 cm³/mol. The molecule has 1 atom stereocenters. The lowest BCUT2D eigenvalue weighted by Crippen LogP contribution is -2.22. The number of nitrogens with one attached hydrogen (secondary N) is 3. The first-order valence-electron chi connectivity index (χ1n) is 11.4. The summed E-state index contributed by atoms with van der Waals surface area (Å²) in [5, 5.41) is 2.19. The number of rotatable bonds is 10. The van der Waals surface area contributed by atoms with E-state index in [0.29, 0.717) is 0 Å². The number of hydrogen-bond donors (Lipinski definition) is 3. The van der Waals surface area contributed by atoms with E-state index < -0.39 is 37.9 Å². The Hall–Kier alpha value is -3.18. The Morgan fingerprint density at radius 3 is 2.44 bits per heavy atom. The van der Waals surface area contributed by atoms with E-state index in [0.717, 1.165) is 30.5 Å². The quantitative estimate of drug-likeness (QED) is 0.287. The molecule has 1 aliphatic carbocycles.